The second-order valence-electron chi connectivity index (χ2n) is 28.8. The standard InChI is InChI=1S/C51H37N3O2.C44H33N3O/c1-50(2,3)51(4)40-21-10-8-18-34(40)38-29-45-39(28-41(38)51)35-25-24-32(27-44(35)56-45)31-16-12-17-33(26-31)48-52-47(30-14-6-5-7-15-30)53-49(54-48)37-20-13-23-43-46(37)36-19-9-11-22-42(36)55-43;1-3-44(4-2)37-18-12-11-17-33(37)35-27-40-36(26-38(35)44)34-24-23-32(25-39(34)48-40)28-19-21-31(22-20-28)43-46-41(29-13-7-5-8-14-29)45-42(47-43)30-15-9-6-10-16-30/h5-29H,1-4H3;5-27H,3-4H2,1-2H3. The Bertz CT molecular complexity index is 6380. The molecular formula is C95H70N6O3. The van der Waals surface area contributed by atoms with Gasteiger partial charge in [-0.25, -0.2) is 29.9 Å². The van der Waals surface area contributed by atoms with Crippen molar-refractivity contribution >= 4 is 65.8 Å². The minimum Gasteiger partial charge on any atom is -0.456 e. The molecule has 0 saturated heterocycles. The van der Waals surface area contributed by atoms with Gasteiger partial charge in [0.15, 0.2) is 34.9 Å². The summed E-state index contributed by atoms with van der Waals surface area (Å²) in [5.41, 5.74) is 25.9. The van der Waals surface area contributed by atoms with E-state index in [4.69, 9.17) is 43.2 Å². The fraction of sp³-hybridized carbons (Fsp3) is 0.116. The third-order valence-electron chi connectivity index (χ3n) is 22.4. The molecule has 0 saturated carbocycles. The molecule has 0 N–H and O–H groups in total. The number of nitrogens with zero attached hydrogens (tertiary/aromatic N) is 6. The zero-order chi connectivity index (χ0) is 70.0. The third kappa shape index (κ3) is 10.0. The average molecular weight is 1340 g/mol. The third-order valence-corrected chi connectivity index (χ3v) is 22.4. The monoisotopic (exact) mass is 1340 g/mol. The highest BCUT2D eigenvalue weighted by atomic mass is 16.3. The van der Waals surface area contributed by atoms with Gasteiger partial charge in [-0.3, -0.25) is 0 Å². The number of para-hydroxylation sites is 1. The van der Waals surface area contributed by atoms with Gasteiger partial charge in [0, 0.05) is 76.5 Å². The summed E-state index contributed by atoms with van der Waals surface area (Å²) in [5, 5.41) is 6.62. The molecule has 18 aromatic rings. The van der Waals surface area contributed by atoms with Crippen LogP contribution in [0.25, 0.3) is 179 Å². The molecule has 13 aromatic carbocycles. The largest absolute Gasteiger partial charge is 0.456 e. The lowest BCUT2D eigenvalue weighted by molar-refractivity contribution is 0.255. The zero-order valence-corrected chi connectivity index (χ0v) is 58.5. The molecule has 1 unspecified atom stereocenters. The topological polar surface area (TPSA) is 117 Å². The van der Waals surface area contributed by atoms with Gasteiger partial charge in [0.25, 0.3) is 0 Å². The first-order chi connectivity index (χ1) is 50.9. The molecule has 104 heavy (non-hydrogen) atoms. The van der Waals surface area contributed by atoms with Crippen molar-refractivity contribution in [1.82, 2.24) is 29.9 Å². The molecule has 9 heteroatoms. The molecule has 0 aliphatic heterocycles. The number of hydrogen-bond acceptors (Lipinski definition) is 9. The summed E-state index contributed by atoms with van der Waals surface area (Å²) < 4.78 is 19.5. The van der Waals surface area contributed by atoms with Gasteiger partial charge in [-0.15, -0.1) is 0 Å². The molecule has 20 rings (SSSR count). The van der Waals surface area contributed by atoms with Crippen LogP contribution in [0.5, 0.6) is 0 Å². The normalized spacial score (nSPS) is 14.2. The van der Waals surface area contributed by atoms with Gasteiger partial charge in [-0.05, 0) is 152 Å². The molecule has 498 valence electrons. The van der Waals surface area contributed by atoms with Gasteiger partial charge in [0.05, 0.1) is 0 Å². The highest BCUT2D eigenvalue weighted by Crippen LogP contribution is 2.59. The summed E-state index contributed by atoms with van der Waals surface area (Å²) in [4.78, 5) is 29.9. The predicted molar refractivity (Wildman–Crippen MR) is 423 cm³/mol. The fourth-order valence-electron chi connectivity index (χ4n) is 16.5. The lowest BCUT2D eigenvalue weighted by Gasteiger charge is -2.41. The van der Waals surface area contributed by atoms with E-state index in [0.29, 0.717) is 34.9 Å². The van der Waals surface area contributed by atoms with Crippen LogP contribution in [-0.2, 0) is 10.8 Å². The van der Waals surface area contributed by atoms with Crippen molar-refractivity contribution in [3.8, 4) is 113 Å². The maximum atomic E-state index is 6.67. The molecule has 0 bridgehead atoms. The van der Waals surface area contributed by atoms with Crippen molar-refractivity contribution in [3.05, 3.63) is 313 Å². The number of furan rings is 3. The molecule has 5 heterocycles. The molecule has 2 aliphatic rings. The molecule has 1 atom stereocenters. The van der Waals surface area contributed by atoms with E-state index in [1.54, 1.807) is 0 Å². The van der Waals surface area contributed by atoms with Crippen molar-refractivity contribution in [3.63, 3.8) is 0 Å². The van der Waals surface area contributed by atoms with Crippen LogP contribution in [0.1, 0.15) is 76.6 Å². The Morgan fingerprint density at radius 3 is 1.22 bits per heavy atom. The van der Waals surface area contributed by atoms with Crippen molar-refractivity contribution in [1.29, 1.82) is 0 Å². The number of rotatable bonds is 10. The molecule has 5 aromatic heterocycles. The van der Waals surface area contributed by atoms with Crippen LogP contribution in [0.4, 0.5) is 0 Å². The van der Waals surface area contributed by atoms with E-state index in [2.05, 4.69) is 211 Å². The van der Waals surface area contributed by atoms with Crippen molar-refractivity contribution in [2.24, 2.45) is 5.41 Å². The van der Waals surface area contributed by atoms with Gasteiger partial charge < -0.3 is 13.3 Å². The Labute approximate surface area is 602 Å². The van der Waals surface area contributed by atoms with E-state index in [0.717, 1.165) is 129 Å². The van der Waals surface area contributed by atoms with E-state index in [9.17, 15) is 0 Å². The Morgan fingerprint density at radius 2 is 0.644 bits per heavy atom. The molecule has 0 spiro atoms. The lowest BCUT2D eigenvalue weighted by atomic mass is 9.62. The minimum atomic E-state index is -0.134. The predicted octanol–water partition coefficient (Wildman–Crippen LogP) is 25.2. The van der Waals surface area contributed by atoms with Crippen molar-refractivity contribution in [2.75, 3.05) is 0 Å². The SMILES string of the molecule is CC(C)(C)C1(C)c2ccccc2-c2cc3oc4cc(-c5cccc(-c6nc(-c7ccccc7)nc(-c7cccc8oc9ccccc9c78)n6)c5)ccc4c3cc21.CCC1(CC)c2ccccc2-c2cc3oc4cc(-c5ccc(-c6nc(-c7ccccc7)nc(-c7ccccc7)n6)cc5)ccc4c3cc21. The first kappa shape index (κ1) is 62.3. The van der Waals surface area contributed by atoms with Crippen LogP contribution in [0.15, 0.2) is 304 Å². The number of fused-ring (bicyclic) bond motifs is 15. The maximum absolute atomic E-state index is 6.67. The number of hydrogen-bond donors (Lipinski definition) is 0. The lowest BCUT2D eigenvalue weighted by Crippen LogP contribution is -2.36. The first-order valence-electron chi connectivity index (χ1n) is 35.9. The summed E-state index contributed by atoms with van der Waals surface area (Å²) in [6.45, 7) is 14.1. The summed E-state index contributed by atoms with van der Waals surface area (Å²) >= 11 is 0. The second-order valence-corrected chi connectivity index (χ2v) is 28.8. The highest BCUT2D eigenvalue weighted by Gasteiger charge is 2.48. The Morgan fingerprint density at radius 1 is 0.260 bits per heavy atom. The van der Waals surface area contributed by atoms with E-state index >= 15 is 0 Å². The van der Waals surface area contributed by atoms with Crippen LogP contribution < -0.4 is 0 Å². The van der Waals surface area contributed by atoms with Crippen LogP contribution >= 0.6 is 0 Å². The van der Waals surface area contributed by atoms with Gasteiger partial charge in [-0.1, -0.05) is 266 Å². The summed E-state index contributed by atoms with van der Waals surface area (Å²) in [6.07, 6.45) is 2.14. The van der Waals surface area contributed by atoms with E-state index in [1.807, 2.05) is 121 Å². The molecular weight excluding hydrogens is 1270 g/mol. The molecule has 0 fully saturated rings. The average Bonchev–Trinajstić information content (AvgIpc) is 1.54. The van der Waals surface area contributed by atoms with Crippen molar-refractivity contribution < 1.29 is 13.3 Å². The van der Waals surface area contributed by atoms with Gasteiger partial charge in [0.2, 0.25) is 0 Å². The molecule has 2 aliphatic carbocycles. The quantitative estimate of drug-likeness (QED) is 0.132. The van der Waals surface area contributed by atoms with Gasteiger partial charge in [-0.2, -0.15) is 0 Å². The first-order valence-corrected chi connectivity index (χ1v) is 35.9. The van der Waals surface area contributed by atoms with Crippen LogP contribution in [0.2, 0.25) is 0 Å². The van der Waals surface area contributed by atoms with Crippen LogP contribution in [-0.4, -0.2) is 29.9 Å². The maximum Gasteiger partial charge on any atom is 0.164 e. The molecule has 9 nitrogen and oxygen atoms in total. The van der Waals surface area contributed by atoms with Crippen LogP contribution in [0, 0.1) is 5.41 Å². The van der Waals surface area contributed by atoms with Gasteiger partial charge >= 0.3 is 0 Å². The van der Waals surface area contributed by atoms with E-state index in [-0.39, 0.29) is 16.2 Å². The summed E-state index contributed by atoms with van der Waals surface area (Å²) in [5.74, 6) is 3.76. The Balaban J connectivity index is 0.000000145. The summed E-state index contributed by atoms with van der Waals surface area (Å²) in [7, 11) is 0. The number of benzene rings is 13. The smallest absolute Gasteiger partial charge is 0.164 e. The second kappa shape index (κ2) is 24.2. The Hall–Kier alpha value is -12.7. The highest BCUT2D eigenvalue weighted by molar-refractivity contribution is 6.13. The Kier molecular flexibility index (Phi) is 14.5. The zero-order valence-electron chi connectivity index (χ0n) is 58.5. The molecule has 0 amide bonds. The minimum absolute atomic E-state index is 0.0157. The molecule has 0 radical (unpaired) electrons. The van der Waals surface area contributed by atoms with Crippen molar-refractivity contribution in [2.45, 2.75) is 65.2 Å². The van der Waals surface area contributed by atoms with E-state index in [1.165, 1.54) is 49.9 Å². The van der Waals surface area contributed by atoms with E-state index < -0.39 is 0 Å². The number of aromatic nitrogens is 6. The van der Waals surface area contributed by atoms with Gasteiger partial charge in [0.1, 0.15) is 33.5 Å². The van der Waals surface area contributed by atoms with Crippen LogP contribution in [0.3, 0.4) is 0 Å². The summed E-state index contributed by atoms with van der Waals surface area (Å²) in [6, 6.07) is 101. The fourth-order valence-corrected chi connectivity index (χ4v) is 16.5.